The monoisotopic (exact) mass is 261 g/mol. The summed E-state index contributed by atoms with van der Waals surface area (Å²) < 4.78 is 5.34. The van der Waals surface area contributed by atoms with Crippen molar-refractivity contribution >= 4 is 5.97 Å². The van der Waals surface area contributed by atoms with Crippen LogP contribution in [0.3, 0.4) is 0 Å². The van der Waals surface area contributed by atoms with Crippen LogP contribution in [0.4, 0.5) is 0 Å². The third-order valence-electron chi connectivity index (χ3n) is 3.84. The molecule has 1 fully saturated rings. The molecule has 104 valence electrons. The van der Waals surface area contributed by atoms with Crippen LogP contribution in [-0.4, -0.2) is 18.1 Å². The van der Waals surface area contributed by atoms with Crippen molar-refractivity contribution in [2.24, 2.45) is 5.73 Å². The average molecular weight is 261 g/mol. The number of aryl methyl sites for hydroxylation is 1. The zero-order chi connectivity index (χ0) is 13.6. The van der Waals surface area contributed by atoms with Gasteiger partial charge in [-0.15, -0.1) is 0 Å². The van der Waals surface area contributed by atoms with Crippen LogP contribution in [0.5, 0.6) is 0 Å². The minimum absolute atomic E-state index is 0.208. The first-order chi connectivity index (χ1) is 9.21. The summed E-state index contributed by atoms with van der Waals surface area (Å²) in [6.07, 6.45) is 6.58. The zero-order valence-electron chi connectivity index (χ0n) is 11.4. The van der Waals surface area contributed by atoms with Crippen molar-refractivity contribution in [2.75, 3.05) is 6.61 Å². The van der Waals surface area contributed by atoms with Crippen LogP contribution < -0.4 is 5.73 Å². The molecule has 0 aromatic heterocycles. The van der Waals surface area contributed by atoms with Gasteiger partial charge >= 0.3 is 5.97 Å². The van der Waals surface area contributed by atoms with Crippen LogP contribution in [-0.2, 0) is 16.0 Å². The maximum Gasteiger partial charge on any atom is 0.326 e. The molecule has 0 saturated heterocycles. The van der Waals surface area contributed by atoms with Crippen molar-refractivity contribution in [1.29, 1.82) is 0 Å². The van der Waals surface area contributed by atoms with Gasteiger partial charge in [-0.2, -0.15) is 0 Å². The number of rotatable bonds is 5. The Morgan fingerprint density at radius 2 is 1.84 bits per heavy atom. The Morgan fingerprint density at radius 3 is 2.53 bits per heavy atom. The van der Waals surface area contributed by atoms with Crippen molar-refractivity contribution in [1.82, 2.24) is 0 Å². The molecule has 1 saturated carbocycles. The van der Waals surface area contributed by atoms with E-state index in [4.69, 9.17) is 10.5 Å². The second kappa shape index (κ2) is 6.71. The minimum Gasteiger partial charge on any atom is -0.464 e. The molecule has 0 spiro atoms. The number of carbonyl (C=O) groups excluding carboxylic acids is 1. The van der Waals surface area contributed by atoms with Gasteiger partial charge < -0.3 is 10.5 Å². The molecule has 0 heterocycles. The number of ether oxygens (including phenoxy) is 1. The van der Waals surface area contributed by atoms with E-state index in [2.05, 4.69) is 12.1 Å². The largest absolute Gasteiger partial charge is 0.464 e. The summed E-state index contributed by atoms with van der Waals surface area (Å²) in [5.41, 5.74) is 6.68. The summed E-state index contributed by atoms with van der Waals surface area (Å²) in [6, 6.07) is 10.2. The summed E-state index contributed by atoms with van der Waals surface area (Å²) in [5.74, 6) is -0.208. The number of nitrogens with two attached hydrogens (primary N) is 1. The number of hydrogen-bond donors (Lipinski definition) is 1. The van der Waals surface area contributed by atoms with Gasteiger partial charge in [0.15, 0.2) is 0 Å². The molecule has 1 aliphatic rings. The number of esters is 1. The molecule has 0 radical (unpaired) electrons. The van der Waals surface area contributed by atoms with Crippen molar-refractivity contribution in [3.05, 3.63) is 35.9 Å². The fourth-order valence-corrected chi connectivity index (χ4v) is 2.62. The fourth-order valence-electron chi connectivity index (χ4n) is 2.62. The van der Waals surface area contributed by atoms with Crippen LogP contribution in [0.25, 0.3) is 0 Å². The van der Waals surface area contributed by atoms with Gasteiger partial charge in [-0.25, -0.2) is 0 Å². The van der Waals surface area contributed by atoms with E-state index in [1.165, 1.54) is 12.0 Å². The highest BCUT2D eigenvalue weighted by atomic mass is 16.5. The van der Waals surface area contributed by atoms with Crippen LogP contribution in [0.2, 0.25) is 0 Å². The lowest BCUT2D eigenvalue weighted by molar-refractivity contribution is -0.151. The molecule has 0 bridgehead atoms. The van der Waals surface area contributed by atoms with Gasteiger partial charge in [-0.1, -0.05) is 49.6 Å². The van der Waals surface area contributed by atoms with E-state index in [9.17, 15) is 4.79 Å². The summed E-state index contributed by atoms with van der Waals surface area (Å²) in [5, 5.41) is 0. The molecule has 3 heteroatoms. The maximum absolute atomic E-state index is 12.0. The maximum atomic E-state index is 12.0. The topological polar surface area (TPSA) is 52.3 Å². The average Bonchev–Trinajstić information content (AvgIpc) is 2.45. The third kappa shape index (κ3) is 4.06. The van der Waals surface area contributed by atoms with Gasteiger partial charge in [0.25, 0.3) is 0 Å². The highest BCUT2D eigenvalue weighted by Crippen LogP contribution is 2.27. The summed E-state index contributed by atoms with van der Waals surface area (Å²) in [4.78, 5) is 12.0. The Morgan fingerprint density at radius 1 is 1.16 bits per heavy atom. The smallest absolute Gasteiger partial charge is 0.326 e. The Kier molecular flexibility index (Phi) is 4.97. The molecule has 2 N–H and O–H groups in total. The number of benzene rings is 1. The molecule has 1 aliphatic carbocycles. The van der Waals surface area contributed by atoms with Crippen LogP contribution in [0, 0.1) is 0 Å². The lowest BCUT2D eigenvalue weighted by atomic mass is 9.83. The second-order valence-electron chi connectivity index (χ2n) is 5.44. The van der Waals surface area contributed by atoms with Gasteiger partial charge in [0.05, 0.1) is 6.61 Å². The predicted molar refractivity (Wildman–Crippen MR) is 75.7 cm³/mol. The molecule has 0 amide bonds. The van der Waals surface area contributed by atoms with E-state index in [1.807, 2.05) is 18.2 Å². The molecule has 0 atom stereocenters. The molecule has 1 aromatic rings. The Bertz CT molecular complexity index is 396. The van der Waals surface area contributed by atoms with Gasteiger partial charge in [0, 0.05) is 0 Å². The van der Waals surface area contributed by atoms with Crippen LogP contribution in [0.1, 0.15) is 44.1 Å². The highest BCUT2D eigenvalue weighted by Gasteiger charge is 2.36. The summed E-state index contributed by atoms with van der Waals surface area (Å²) in [6.45, 7) is 0.465. The SMILES string of the molecule is NC1(C(=O)OCCCc2ccccc2)CCCCC1. The highest BCUT2D eigenvalue weighted by molar-refractivity contribution is 5.80. The summed E-state index contributed by atoms with van der Waals surface area (Å²) in [7, 11) is 0. The molecule has 2 rings (SSSR count). The first-order valence-electron chi connectivity index (χ1n) is 7.21. The van der Waals surface area contributed by atoms with E-state index < -0.39 is 5.54 Å². The number of carbonyl (C=O) groups is 1. The molecule has 0 unspecified atom stereocenters. The molecule has 0 aliphatic heterocycles. The predicted octanol–water partition coefficient (Wildman–Crippen LogP) is 2.82. The molecule has 3 nitrogen and oxygen atoms in total. The Labute approximate surface area is 115 Å². The molecule has 1 aromatic carbocycles. The van der Waals surface area contributed by atoms with E-state index in [0.717, 1.165) is 38.5 Å². The molecular weight excluding hydrogens is 238 g/mol. The quantitative estimate of drug-likeness (QED) is 0.655. The Balaban J connectivity index is 1.69. The second-order valence-corrected chi connectivity index (χ2v) is 5.44. The minimum atomic E-state index is -0.717. The van der Waals surface area contributed by atoms with Gasteiger partial charge in [-0.05, 0) is 31.2 Å². The first kappa shape index (κ1) is 14.1. The van der Waals surface area contributed by atoms with E-state index in [0.29, 0.717) is 6.61 Å². The van der Waals surface area contributed by atoms with Gasteiger partial charge in [0.1, 0.15) is 5.54 Å². The lowest BCUT2D eigenvalue weighted by Gasteiger charge is -2.30. The van der Waals surface area contributed by atoms with E-state index in [1.54, 1.807) is 0 Å². The van der Waals surface area contributed by atoms with Gasteiger partial charge in [0.2, 0.25) is 0 Å². The fraction of sp³-hybridized carbons (Fsp3) is 0.562. The van der Waals surface area contributed by atoms with E-state index in [-0.39, 0.29) is 5.97 Å². The standard InChI is InChI=1S/C16H23NO2/c17-16(11-5-2-6-12-16)15(18)19-13-7-10-14-8-3-1-4-9-14/h1,3-4,8-9H,2,5-7,10-13,17H2. The summed E-state index contributed by atoms with van der Waals surface area (Å²) >= 11 is 0. The molecular formula is C16H23NO2. The lowest BCUT2D eigenvalue weighted by Crippen LogP contribution is -2.50. The van der Waals surface area contributed by atoms with Crippen molar-refractivity contribution in [2.45, 2.75) is 50.5 Å². The van der Waals surface area contributed by atoms with Gasteiger partial charge in [-0.3, -0.25) is 4.79 Å². The van der Waals surface area contributed by atoms with Crippen LogP contribution >= 0.6 is 0 Å². The zero-order valence-corrected chi connectivity index (χ0v) is 11.4. The normalized spacial score (nSPS) is 17.9. The number of hydrogen-bond acceptors (Lipinski definition) is 3. The van der Waals surface area contributed by atoms with Crippen molar-refractivity contribution in [3.63, 3.8) is 0 Å². The Hall–Kier alpha value is -1.35. The first-order valence-corrected chi connectivity index (χ1v) is 7.21. The van der Waals surface area contributed by atoms with Crippen LogP contribution in [0.15, 0.2) is 30.3 Å². The van der Waals surface area contributed by atoms with E-state index >= 15 is 0 Å². The van der Waals surface area contributed by atoms with Crippen molar-refractivity contribution < 1.29 is 9.53 Å². The van der Waals surface area contributed by atoms with Crippen molar-refractivity contribution in [3.8, 4) is 0 Å². The third-order valence-corrected chi connectivity index (χ3v) is 3.84. The molecule has 19 heavy (non-hydrogen) atoms.